The Morgan fingerprint density at radius 2 is 1.85 bits per heavy atom. The maximum Gasteiger partial charge on any atom is 0.309 e. The molecule has 1 aliphatic carbocycles. The molecule has 0 N–H and O–H groups in total. The molecule has 0 bridgehead atoms. The lowest BCUT2D eigenvalue weighted by molar-refractivity contribution is -0.155. The number of benzene rings is 1. The van der Waals surface area contributed by atoms with Crippen LogP contribution in [-0.4, -0.2) is 11.0 Å². The molecule has 1 atom stereocenters. The zero-order valence-electron chi connectivity index (χ0n) is 11.2. The van der Waals surface area contributed by atoms with Gasteiger partial charge in [0.25, 0.3) is 0 Å². The molecule has 0 saturated heterocycles. The van der Waals surface area contributed by atoms with Crippen molar-refractivity contribution in [2.45, 2.75) is 25.4 Å². The highest BCUT2D eigenvalue weighted by molar-refractivity contribution is 5.73. The summed E-state index contributed by atoms with van der Waals surface area (Å²) in [7, 11) is 0. The predicted octanol–water partition coefficient (Wildman–Crippen LogP) is 3.51. The Labute approximate surface area is 118 Å². The van der Waals surface area contributed by atoms with Crippen molar-refractivity contribution in [3.8, 4) is 0 Å². The monoisotopic (exact) mass is 267 g/mol. The zero-order chi connectivity index (χ0) is 13.8. The maximum absolute atomic E-state index is 12.1. The molecule has 20 heavy (non-hydrogen) atoms. The molecular weight excluding hydrogens is 250 g/mol. The summed E-state index contributed by atoms with van der Waals surface area (Å²) in [4.78, 5) is 16.5. The van der Waals surface area contributed by atoms with Crippen molar-refractivity contribution in [2.75, 3.05) is 0 Å². The Kier molecular flexibility index (Phi) is 3.77. The minimum Gasteiger partial charge on any atom is -0.451 e. The molecule has 1 aromatic carbocycles. The van der Waals surface area contributed by atoms with Gasteiger partial charge in [-0.05, 0) is 30.5 Å². The molecular formula is C17H17NO2. The van der Waals surface area contributed by atoms with E-state index in [1.165, 1.54) is 0 Å². The lowest BCUT2D eigenvalue weighted by Gasteiger charge is -2.26. The van der Waals surface area contributed by atoms with E-state index in [0.717, 1.165) is 30.5 Å². The van der Waals surface area contributed by atoms with Gasteiger partial charge in [-0.15, -0.1) is 0 Å². The lowest BCUT2D eigenvalue weighted by atomic mass is 9.85. The van der Waals surface area contributed by atoms with Crippen molar-refractivity contribution in [3.63, 3.8) is 0 Å². The first-order valence-corrected chi connectivity index (χ1v) is 7.01. The van der Waals surface area contributed by atoms with E-state index in [4.69, 9.17) is 4.74 Å². The summed E-state index contributed by atoms with van der Waals surface area (Å²) in [6.45, 7) is 0. The molecule has 1 fully saturated rings. The van der Waals surface area contributed by atoms with Gasteiger partial charge in [-0.25, -0.2) is 0 Å². The van der Waals surface area contributed by atoms with Gasteiger partial charge < -0.3 is 4.74 Å². The Morgan fingerprint density at radius 1 is 1.10 bits per heavy atom. The number of pyridine rings is 1. The van der Waals surface area contributed by atoms with Gasteiger partial charge in [0.2, 0.25) is 0 Å². The molecule has 1 saturated carbocycles. The molecule has 3 heteroatoms. The van der Waals surface area contributed by atoms with E-state index >= 15 is 0 Å². The molecule has 0 unspecified atom stereocenters. The van der Waals surface area contributed by atoms with Crippen LogP contribution in [0.3, 0.4) is 0 Å². The summed E-state index contributed by atoms with van der Waals surface area (Å²) >= 11 is 0. The van der Waals surface area contributed by atoms with Crippen LogP contribution in [0, 0.1) is 5.92 Å². The topological polar surface area (TPSA) is 39.2 Å². The van der Waals surface area contributed by atoms with Crippen LogP contribution in [-0.2, 0) is 9.53 Å². The molecule has 0 aliphatic heterocycles. The van der Waals surface area contributed by atoms with Gasteiger partial charge in [0.1, 0.15) is 0 Å². The Balaban J connectivity index is 1.85. The fourth-order valence-corrected chi connectivity index (χ4v) is 2.31. The van der Waals surface area contributed by atoms with Gasteiger partial charge in [0.15, 0.2) is 6.10 Å². The van der Waals surface area contributed by atoms with Crippen LogP contribution >= 0.6 is 0 Å². The van der Waals surface area contributed by atoms with Crippen molar-refractivity contribution in [1.29, 1.82) is 0 Å². The molecule has 102 valence electrons. The highest BCUT2D eigenvalue weighted by Gasteiger charge is 2.30. The third-order valence-electron chi connectivity index (χ3n) is 3.73. The fourth-order valence-electron chi connectivity index (χ4n) is 2.31. The zero-order valence-corrected chi connectivity index (χ0v) is 11.2. The largest absolute Gasteiger partial charge is 0.451 e. The summed E-state index contributed by atoms with van der Waals surface area (Å²) in [5.41, 5.74) is 1.73. The molecule has 1 heterocycles. The lowest BCUT2D eigenvalue weighted by Crippen LogP contribution is -2.26. The smallest absolute Gasteiger partial charge is 0.309 e. The molecule has 3 rings (SSSR count). The second-order valence-corrected chi connectivity index (χ2v) is 5.11. The first-order valence-electron chi connectivity index (χ1n) is 7.01. The number of rotatable bonds is 4. The van der Waals surface area contributed by atoms with E-state index in [9.17, 15) is 4.79 Å². The van der Waals surface area contributed by atoms with E-state index in [-0.39, 0.29) is 11.9 Å². The molecule has 1 aromatic heterocycles. The molecule has 2 aromatic rings. The van der Waals surface area contributed by atoms with Crippen molar-refractivity contribution < 1.29 is 9.53 Å². The van der Waals surface area contributed by atoms with Gasteiger partial charge in [-0.2, -0.15) is 0 Å². The number of hydrogen-bond acceptors (Lipinski definition) is 3. The first-order chi connectivity index (χ1) is 9.84. The average Bonchev–Trinajstić information content (AvgIpc) is 2.45. The van der Waals surface area contributed by atoms with E-state index in [1.807, 2.05) is 48.5 Å². The number of nitrogens with zero attached hydrogens (tertiary/aromatic N) is 1. The summed E-state index contributed by atoms with van der Waals surface area (Å²) < 4.78 is 5.73. The van der Waals surface area contributed by atoms with E-state index in [1.54, 1.807) is 6.20 Å². The van der Waals surface area contributed by atoms with E-state index in [0.29, 0.717) is 0 Å². The van der Waals surface area contributed by atoms with Crippen molar-refractivity contribution in [3.05, 3.63) is 66.0 Å². The minimum atomic E-state index is -0.412. The van der Waals surface area contributed by atoms with Crippen LogP contribution in [0.4, 0.5) is 0 Å². The summed E-state index contributed by atoms with van der Waals surface area (Å²) in [6, 6.07) is 15.4. The van der Waals surface area contributed by atoms with Crippen LogP contribution in [0.5, 0.6) is 0 Å². The third-order valence-corrected chi connectivity index (χ3v) is 3.73. The van der Waals surface area contributed by atoms with Crippen LogP contribution in [0.25, 0.3) is 0 Å². The highest BCUT2D eigenvalue weighted by Crippen LogP contribution is 2.31. The van der Waals surface area contributed by atoms with Gasteiger partial charge in [-0.1, -0.05) is 42.8 Å². The minimum absolute atomic E-state index is 0.0740. The van der Waals surface area contributed by atoms with Crippen LogP contribution in [0.2, 0.25) is 0 Å². The molecule has 0 amide bonds. The molecule has 0 radical (unpaired) electrons. The number of aromatic nitrogens is 1. The van der Waals surface area contributed by atoms with Gasteiger partial charge >= 0.3 is 5.97 Å². The summed E-state index contributed by atoms with van der Waals surface area (Å²) in [6.07, 6.45) is 4.33. The van der Waals surface area contributed by atoms with Crippen LogP contribution < -0.4 is 0 Å². The second-order valence-electron chi connectivity index (χ2n) is 5.11. The predicted molar refractivity (Wildman–Crippen MR) is 76.0 cm³/mol. The second kappa shape index (κ2) is 5.87. The quantitative estimate of drug-likeness (QED) is 0.796. The van der Waals surface area contributed by atoms with Gasteiger partial charge in [-0.3, -0.25) is 9.78 Å². The Hall–Kier alpha value is -2.16. The van der Waals surface area contributed by atoms with E-state index in [2.05, 4.69) is 4.98 Å². The average molecular weight is 267 g/mol. The SMILES string of the molecule is O=C(O[C@@H](c1ccccc1)c1ccccn1)C1CCC1. The van der Waals surface area contributed by atoms with Gasteiger partial charge in [0, 0.05) is 6.20 Å². The summed E-state index contributed by atoms with van der Waals surface area (Å²) in [5.74, 6) is -0.0271. The van der Waals surface area contributed by atoms with Crippen molar-refractivity contribution in [1.82, 2.24) is 4.98 Å². The molecule has 0 spiro atoms. The fraction of sp³-hybridized carbons (Fsp3) is 0.294. The summed E-state index contributed by atoms with van der Waals surface area (Å²) in [5, 5.41) is 0. The number of carbonyl (C=O) groups excluding carboxylic acids is 1. The normalized spacial score (nSPS) is 16.2. The maximum atomic E-state index is 12.1. The first kappa shape index (κ1) is 12.9. The standard InChI is InChI=1S/C17H17NO2/c19-17(14-9-6-10-14)20-16(13-7-2-1-3-8-13)15-11-4-5-12-18-15/h1-5,7-8,11-12,14,16H,6,9-10H2/t16-/m0/s1. The molecule has 1 aliphatic rings. The van der Waals surface area contributed by atoms with E-state index < -0.39 is 6.10 Å². The molecule has 3 nitrogen and oxygen atoms in total. The number of ether oxygens (including phenoxy) is 1. The third kappa shape index (κ3) is 2.72. The number of esters is 1. The van der Waals surface area contributed by atoms with Crippen molar-refractivity contribution in [2.24, 2.45) is 5.92 Å². The Morgan fingerprint density at radius 3 is 2.45 bits per heavy atom. The van der Waals surface area contributed by atoms with Gasteiger partial charge in [0.05, 0.1) is 11.6 Å². The van der Waals surface area contributed by atoms with Crippen LogP contribution in [0.1, 0.15) is 36.6 Å². The number of hydrogen-bond donors (Lipinski definition) is 0. The highest BCUT2D eigenvalue weighted by atomic mass is 16.5. The van der Waals surface area contributed by atoms with Crippen LogP contribution in [0.15, 0.2) is 54.7 Å². The Bertz CT molecular complexity index is 525. The van der Waals surface area contributed by atoms with Crippen molar-refractivity contribution >= 4 is 5.97 Å². The number of carbonyl (C=O) groups is 1.